The van der Waals surface area contributed by atoms with E-state index in [9.17, 15) is 18.7 Å². The van der Waals surface area contributed by atoms with Gasteiger partial charge in [-0.25, -0.2) is 15.0 Å². The summed E-state index contributed by atoms with van der Waals surface area (Å²) in [5, 5.41) is 9.62. The Morgan fingerprint density at radius 3 is 2.67 bits per heavy atom. The Hall–Kier alpha value is -3.57. The quantitative estimate of drug-likeness (QED) is 0.316. The largest absolute Gasteiger partial charge is 0.465 e. The molecule has 2 aromatic heterocycles. The maximum atomic E-state index is 13.4. The van der Waals surface area contributed by atoms with Crippen molar-refractivity contribution in [3.8, 4) is 16.9 Å². The number of benzene rings is 2. The number of fused-ring (bicyclic) bond motifs is 9. The number of hydrogen-bond acceptors (Lipinski definition) is 8. The molecule has 2 aromatic carbocycles. The van der Waals surface area contributed by atoms with Gasteiger partial charge in [-0.15, -0.1) is 11.8 Å². The van der Waals surface area contributed by atoms with Crippen LogP contribution in [0.4, 0.5) is 8.78 Å². The highest BCUT2D eigenvalue weighted by molar-refractivity contribution is 8.00. The third-order valence-electron chi connectivity index (χ3n) is 7.08. The van der Waals surface area contributed by atoms with E-state index in [1.54, 1.807) is 39.2 Å². The number of hydrogen-bond donors (Lipinski definition) is 1. The highest BCUT2D eigenvalue weighted by atomic mass is 32.2. The van der Waals surface area contributed by atoms with Gasteiger partial charge in [0.2, 0.25) is 0 Å². The molecule has 0 saturated carbocycles. The number of halogens is 2. The smallest absolute Gasteiger partial charge is 0.387 e. The van der Waals surface area contributed by atoms with Crippen LogP contribution in [0.25, 0.3) is 22.2 Å². The summed E-state index contributed by atoms with van der Waals surface area (Å²) in [6.45, 7) is 2.25. The number of ether oxygens (including phenoxy) is 2. The first kappa shape index (κ1) is 25.7. The number of aliphatic hydroxyl groups is 1. The first-order valence-corrected chi connectivity index (χ1v) is 13.5. The summed E-state index contributed by atoms with van der Waals surface area (Å²) in [4.78, 5) is 27.4. The van der Waals surface area contributed by atoms with Crippen LogP contribution in [0.2, 0.25) is 0 Å². The van der Waals surface area contributed by atoms with Crippen LogP contribution in [-0.4, -0.2) is 49.1 Å². The number of rotatable bonds is 6. The Labute approximate surface area is 227 Å². The van der Waals surface area contributed by atoms with Gasteiger partial charge in [0.15, 0.2) is 5.82 Å². The molecule has 0 spiro atoms. The summed E-state index contributed by atoms with van der Waals surface area (Å²) in [5.41, 5.74) is 2.56. The second-order valence-electron chi connectivity index (χ2n) is 10.1. The van der Waals surface area contributed by atoms with Gasteiger partial charge < -0.3 is 19.1 Å². The highest BCUT2D eigenvalue weighted by Crippen LogP contribution is 2.55. The van der Waals surface area contributed by atoms with Gasteiger partial charge in [0.05, 0.1) is 23.7 Å². The lowest BCUT2D eigenvalue weighted by molar-refractivity contribution is -0.142. The first-order chi connectivity index (χ1) is 18.7. The van der Waals surface area contributed by atoms with Gasteiger partial charge in [-0.3, -0.25) is 4.79 Å². The molecular weight excluding hydrogens is 526 g/mol. The maximum absolute atomic E-state index is 13.4. The Morgan fingerprint density at radius 1 is 1.21 bits per heavy atom. The summed E-state index contributed by atoms with van der Waals surface area (Å²) < 4.78 is 39.3. The second kappa shape index (κ2) is 9.56. The van der Waals surface area contributed by atoms with E-state index in [0.717, 1.165) is 22.2 Å². The maximum Gasteiger partial charge on any atom is 0.387 e. The molecule has 4 heterocycles. The van der Waals surface area contributed by atoms with Crippen molar-refractivity contribution >= 4 is 28.8 Å². The van der Waals surface area contributed by atoms with E-state index in [4.69, 9.17) is 14.5 Å². The van der Waals surface area contributed by atoms with Gasteiger partial charge in [0, 0.05) is 34.3 Å². The number of esters is 1. The zero-order valence-electron chi connectivity index (χ0n) is 21.5. The fourth-order valence-electron chi connectivity index (χ4n) is 5.44. The number of carbonyl (C=O) groups is 1. The van der Waals surface area contributed by atoms with Gasteiger partial charge in [-0.2, -0.15) is 8.78 Å². The zero-order valence-corrected chi connectivity index (χ0v) is 22.3. The van der Waals surface area contributed by atoms with Gasteiger partial charge >= 0.3 is 12.6 Å². The minimum atomic E-state index is -2.99. The molecule has 1 N–H and O–H groups in total. The van der Waals surface area contributed by atoms with Crippen LogP contribution in [-0.2, 0) is 15.1 Å². The fraction of sp³-hybridized carbons (Fsp3) is 0.357. The zero-order chi connectivity index (χ0) is 27.5. The minimum absolute atomic E-state index is 0.0877. The van der Waals surface area contributed by atoms with Gasteiger partial charge in [-0.05, 0) is 57.0 Å². The summed E-state index contributed by atoms with van der Waals surface area (Å²) in [6.07, 6.45) is 3.81. The number of alkyl halides is 2. The standard InChI is InChI=1S/C28H26F2N4O4S/c1-4-37-25(35)23-16-11-19(22-20(38-27(29)30)6-5-7-21(22)39-23)34-18-10-14(8-9-17(18)33-24(16)34)15-12-31-26(32-13-15)28(2,3)36/h5-10,12-13,16,19,23,27,36H,4,11H2,1-3H3/t16-,19?,23+/m0/s1. The molecule has 3 atom stereocenters. The van der Waals surface area contributed by atoms with Crippen LogP contribution < -0.4 is 4.74 Å². The lowest BCUT2D eigenvalue weighted by Gasteiger charge is -2.23. The number of nitrogens with zero attached hydrogens (tertiary/aromatic N) is 4. The van der Waals surface area contributed by atoms with Crippen molar-refractivity contribution < 1.29 is 28.2 Å². The lowest BCUT2D eigenvalue weighted by atomic mass is 9.95. The van der Waals surface area contributed by atoms with Crippen LogP contribution in [0.1, 0.15) is 56.4 Å². The number of aromatic nitrogens is 4. The molecule has 39 heavy (non-hydrogen) atoms. The fourth-order valence-corrected chi connectivity index (χ4v) is 6.80. The Bertz CT molecular complexity index is 1570. The monoisotopic (exact) mass is 552 g/mol. The van der Waals surface area contributed by atoms with Gasteiger partial charge in [-0.1, -0.05) is 12.1 Å². The molecule has 6 rings (SSSR count). The molecule has 202 valence electrons. The molecule has 0 saturated heterocycles. The van der Waals surface area contributed by atoms with Crippen LogP contribution in [0.15, 0.2) is 53.7 Å². The summed E-state index contributed by atoms with van der Waals surface area (Å²) in [5.74, 6) is 0.475. The van der Waals surface area contributed by atoms with Gasteiger partial charge in [0.1, 0.15) is 22.4 Å². The van der Waals surface area contributed by atoms with Crippen LogP contribution in [0.5, 0.6) is 5.75 Å². The van der Waals surface area contributed by atoms with Crippen LogP contribution >= 0.6 is 11.8 Å². The van der Waals surface area contributed by atoms with E-state index in [1.165, 1.54) is 17.8 Å². The Morgan fingerprint density at radius 2 is 1.97 bits per heavy atom. The predicted molar refractivity (Wildman–Crippen MR) is 141 cm³/mol. The minimum Gasteiger partial charge on any atom is -0.465 e. The summed E-state index contributed by atoms with van der Waals surface area (Å²) in [6, 6.07) is 10.4. The molecule has 0 fully saturated rings. The lowest BCUT2D eigenvalue weighted by Crippen LogP contribution is -2.26. The number of thioether (sulfide) groups is 1. The van der Waals surface area contributed by atoms with E-state index in [-0.39, 0.29) is 30.3 Å². The Kier molecular flexibility index (Phi) is 6.30. The third kappa shape index (κ3) is 4.43. The van der Waals surface area contributed by atoms with Crippen LogP contribution in [0.3, 0.4) is 0 Å². The van der Waals surface area contributed by atoms with E-state index in [1.807, 2.05) is 28.8 Å². The van der Waals surface area contributed by atoms with Crippen molar-refractivity contribution in [2.75, 3.05) is 6.61 Å². The van der Waals surface area contributed by atoms with Gasteiger partial charge in [0.25, 0.3) is 0 Å². The predicted octanol–water partition coefficient (Wildman–Crippen LogP) is 5.44. The topological polar surface area (TPSA) is 99.4 Å². The Balaban J connectivity index is 1.52. The molecule has 2 aliphatic rings. The van der Waals surface area contributed by atoms with Crippen molar-refractivity contribution in [2.24, 2.45) is 0 Å². The van der Waals surface area contributed by atoms with Crippen molar-refractivity contribution in [2.45, 2.75) is 61.5 Å². The number of carbonyl (C=O) groups excluding carboxylic acids is 1. The molecule has 8 nitrogen and oxygen atoms in total. The molecule has 0 aliphatic carbocycles. The van der Waals surface area contributed by atoms with Crippen molar-refractivity contribution in [1.82, 2.24) is 19.5 Å². The van der Waals surface area contributed by atoms with E-state index in [0.29, 0.717) is 28.5 Å². The average Bonchev–Trinajstić information content (AvgIpc) is 3.37. The number of imidazole rings is 1. The van der Waals surface area contributed by atoms with Crippen LogP contribution in [0, 0.1) is 0 Å². The first-order valence-electron chi connectivity index (χ1n) is 12.6. The molecule has 0 radical (unpaired) electrons. The molecule has 2 bridgehead atoms. The summed E-state index contributed by atoms with van der Waals surface area (Å²) in [7, 11) is 0. The molecule has 2 aliphatic heterocycles. The van der Waals surface area contributed by atoms with Crippen molar-refractivity contribution in [3.05, 3.63) is 66.0 Å². The second-order valence-corrected chi connectivity index (χ2v) is 11.3. The van der Waals surface area contributed by atoms with E-state index >= 15 is 0 Å². The average molecular weight is 553 g/mol. The molecular formula is C28H26F2N4O4S. The molecule has 0 amide bonds. The SMILES string of the molecule is CCOC(=O)[C@@H]1Sc2cccc(OC(F)F)c2C2C[C@@H]1c1nc3ccc(-c4cnc(C(C)(C)O)nc4)cc3n12. The van der Waals surface area contributed by atoms with E-state index in [2.05, 4.69) is 9.97 Å². The normalized spacial score (nSPS) is 20.0. The van der Waals surface area contributed by atoms with Crippen molar-refractivity contribution in [3.63, 3.8) is 0 Å². The molecule has 1 unspecified atom stereocenters. The highest BCUT2D eigenvalue weighted by Gasteiger charge is 2.47. The summed E-state index contributed by atoms with van der Waals surface area (Å²) >= 11 is 1.32. The molecule has 4 aromatic rings. The third-order valence-corrected chi connectivity index (χ3v) is 8.47. The van der Waals surface area contributed by atoms with E-state index < -0.39 is 17.5 Å². The van der Waals surface area contributed by atoms with Crippen molar-refractivity contribution in [1.29, 1.82) is 0 Å². The molecule has 11 heteroatoms.